The van der Waals surface area contributed by atoms with Crippen LogP contribution in [0.2, 0.25) is 0 Å². The van der Waals surface area contributed by atoms with Crippen molar-refractivity contribution in [3.8, 4) is 0 Å². The second kappa shape index (κ2) is 13.2. The Labute approximate surface area is 154 Å². The number of hydrogen-bond acceptors (Lipinski definition) is 3. The predicted molar refractivity (Wildman–Crippen MR) is 102 cm³/mol. The fourth-order valence-corrected chi connectivity index (χ4v) is 3.54. The first-order chi connectivity index (χ1) is 12.1. The fourth-order valence-electron chi connectivity index (χ4n) is 3.54. The molecular formula is C21H39NO3. The van der Waals surface area contributed by atoms with Gasteiger partial charge in [0.25, 0.3) is 0 Å². The van der Waals surface area contributed by atoms with Crippen molar-refractivity contribution in [2.75, 3.05) is 6.54 Å². The van der Waals surface area contributed by atoms with Gasteiger partial charge in [-0.15, -0.1) is 0 Å². The van der Waals surface area contributed by atoms with Gasteiger partial charge in [-0.05, 0) is 26.7 Å². The Morgan fingerprint density at radius 3 is 2.04 bits per heavy atom. The van der Waals surface area contributed by atoms with Crippen LogP contribution in [0.25, 0.3) is 0 Å². The standard InChI is InChI=1S/C21H39NO3/c1-4-5-6-7-8-9-10-11-12-13-15-19(21(24)25-18(2)3)22-17-14-16-20(22)23/h18-19H,4-17H2,1-3H3. The first-order valence-electron chi connectivity index (χ1n) is 10.6. The van der Waals surface area contributed by atoms with Gasteiger partial charge in [0.05, 0.1) is 6.10 Å². The third kappa shape index (κ3) is 9.27. The Balaban J connectivity index is 2.22. The largest absolute Gasteiger partial charge is 0.461 e. The van der Waals surface area contributed by atoms with Crippen molar-refractivity contribution < 1.29 is 14.3 Å². The third-order valence-corrected chi connectivity index (χ3v) is 4.94. The second-order valence-electron chi connectivity index (χ2n) is 7.66. The van der Waals surface area contributed by atoms with Gasteiger partial charge in [0.1, 0.15) is 6.04 Å². The van der Waals surface area contributed by atoms with Crippen molar-refractivity contribution >= 4 is 11.9 Å². The average molecular weight is 354 g/mol. The Morgan fingerprint density at radius 2 is 1.56 bits per heavy atom. The summed E-state index contributed by atoms with van der Waals surface area (Å²) >= 11 is 0. The highest BCUT2D eigenvalue weighted by molar-refractivity contribution is 5.85. The number of hydrogen-bond donors (Lipinski definition) is 0. The summed E-state index contributed by atoms with van der Waals surface area (Å²) < 4.78 is 5.38. The summed E-state index contributed by atoms with van der Waals surface area (Å²) in [5, 5.41) is 0. The molecule has 0 aromatic carbocycles. The van der Waals surface area contributed by atoms with E-state index in [0.29, 0.717) is 13.0 Å². The Kier molecular flexibility index (Phi) is 11.6. The molecule has 1 rings (SSSR count). The van der Waals surface area contributed by atoms with E-state index in [9.17, 15) is 9.59 Å². The van der Waals surface area contributed by atoms with Crippen molar-refractivity contribution in [2.45, 2.75) is 116 Å². The number of esters is 1. The zero-order valence-electron chi connectivity index (χ0n) is 16.7. The molecule has 146 valence electrons. The Bertz CT molecular complexity index is 381. The summed E-state index contributed by atoms with van der Waals surface area (Å²) in [6.45, 7) is 6.68. The van der Waals surface area contributed by atoms with Gasteiger partial charge in [-0.3, -0.25) is 4.79 Å². The highest BCUT2D eigenvalue weighted by Crippen LogP contribution is 2.20. The molecule has 4 nitrogen and oxygen atoms in total. The van der Waals surface area contributed by atoms with Crippen LogP contribution in [0, 0.1) is 0 Å². The molecule has 1 heterocycles. The van der Waals surface area contributed by atoms with E-state index >= 15 is 0 Å². The van der Waals surface area contributed by atoms with Crippen LogP contribution in [-0.2, 0) is 14.3 Å². The zero-order chi connectivity index (χ0) is 18.5. The maximum Gasteiger partial charge on any atom is 0.329 e. The number of carbonyl (C=O) groups excluding carboxylic acids is 2. The molecule has 0 aliphatic carbocycles. The van der Waals surface area contributed by atoms with Gasteiger partial charge in [0.2, 0.25) is 5.91 Å². The monoisotopic (exact) mass is 353 g/mol. The molecule has 1 amide bonds. The molecule has 0 spiro atoms. The third-order valence-electron chi connectivity index (χ3n) is 4.94. The molecule has 1 unspecified atom stereocenters. The van der Waals surface area contributed by atoms with Gasteiger partial charge in [-0.25, -0.2) is 4.79 Å². The number of rotatable bonds is 14. The minimum Gasteiger partial charge on any atom is -0.461 e. The molecule has 0 radical (unpaired) electrons. The lowest BCUT2D eigenvalue weighted by atomic mass is 10.0. The van der Waals surface area contributed by atoms with Gasteiger partial charge in [-0.1, -0.05) is 71.1 Å². The van der Waals surface area contributed by atoms with E-state index in [4.69, 9.17) is 4.74 Å². The molecule has 25 heavy (non-hydrogen) atoms. The van der Waals surface area contributed by atoms with Crippen LogP contribution in [0.5, 0.6) is 0 Å². The summed E-state index contributed by atoms with van der Waals surface area (Å²) in [5.74, 6) is -0.112. The van der Waals surface area contributed by atoms with E-state index in [1.807, 2.05) is 13.8 Å². The average Bonchev–Trinajstić information content (AvgIpc) is 2.98. The molecular weight excluding hydrogens is 314 g/mol. The van der Waals surface area contributed by atoms with Gasteiger partial charge in [-0.2, -0.15) is 0 Å². The first kappa shape index (κ1) is 22.0. The topological polar surface area (TPSA) is 46.6 Å². The van der Waals surface area contributed by atoms with Gasteiger partial charge >= 0.3 is 5.97 Å². The summed E-state index contributed by atoms with van der Waals surface area (Å²) in [6, 6.07) is -0.369. The lowest BCUT2D eigenvalue weighted by Crippen LogP contribution is -2.43. The van der Waals surface area contributed by atoms with Crippen LogP contribution in [0.4, 0.5) is 0 Å². The van der Waals surface area contributed by atoms with E-state index in [0.717, 1.165) is 25.7 Å². The summed E-state index contributed by atoms with van der Waals surface area (Å²) in [4.78, 5) is 26.1. The zero-order valence-corrected chi connectivity index (χ0v) is 16.7. The Hall–Kier alpha value is -1.06. The highest BCUT2D eigenvalue weighted by atomic mass is 16.5. The highest BCUT2D eigenvalue weighted by Gasteiger charge is 2.33. The van der Waals surface area contributed by atoms with E-state index in [-0.39, 0.29) is 24.0 Å². The quantitative estimate of drug-likeness (QED) is 0.317. The second-order valence-corrected chi connectivity index (χ2v) is 7.66. The predicted octanol–water partition coefficient (Wildman–Crippen LogP) is 5.24. The number of amides is 1. The number of likely N-dealkylation sites (tertiary alicyclic amines) is 1. The summed E-state index contributed by atoms with van der Waals surface area (Å²) in [5.41, 5.74) is 0. The number of ether oxygens (including phenoxy) is 1. The number of carbonyl (C=O) groups is 2. The minimum atomic E-state index is -0.369. The lowest BCUT2D eigenvalue weighted by molar-refractivity contribution is -0.157. The van der Waals surface area contributed by atoms with E-state index < -0.39 is 0 Å². The molecule has 0 saturated carbocycles. The molecule has 0 bridgehead atoms. The van der Waals surface area contributed by atoms with E-state index in [1.165, 1.54) is 51.4 Å². The SMILES string of the molecule is CCCCCCCCCCCCC(C(=O)OC(C)C)N1CCCC1=O. The molecule has 0 aromatic heterocycles. The van der Waals surface area contributed by atoms with Crippen LogP contribution in [0.15, 0.2) is 0 Å². The lowest BCUT2D eigenvalue weighted by Gasteiger charge is -2.27. The minimum absolute atomic E-state index is 0.109. The first-order valence-corrected chi connectivity index (χ1v) is 10.6. The van der Waals surface area contributed by atoms with Crippen LogP contribution < -0.4 is 0 Å². The molecule has 1 fully saturated rings. The Morgan fingerprint density at radius 1 is 1.00 bits per heavy atom. The molecule has 0 aromatic rings. The number of unbranched alkanes of at least 4 members (excludes halogenated alkanes) is 9. The van der Waals surface area contributed by atoms with Crippen molar-refractivity contribution in [1.82, 2.24) is 4.90 Å². The molecule has 1 saturated heterocycles. The fraction of sp³-hybridized carbons (Fsp3) is 0.905. The van der Waals surface area contributed by atoms with Crippen LogP contribution in [0.1, 0.15) is 104 Å². The smallest absolute Gasteiger partial charge is 0.329 e. The normalized spacial score (nSPS) is 15.8. The molecule has 0 N–H and O–H groups in total. The molecule has 1 aliphatic heterocycles. The van der Waals surface area contributed by atoms with Crippen LogP contribution in [0.3, 0.4) is 0 Å². The van der Waals surface area contributed by atoms with Crippen LogP contribution >= 0.6 is 0 Å². The maximum absolute atomic E-state index is 12.4. The summed E-state index contributed by atoms with van der Waals surface area (Å²) in [7, 11) is 0. The van der Waals surface area contributed by atoms with E-state index in [1.54, 1.807) is 4.90 Å². The van der Waals surface area contributed by atoms with Crippen LogP contribution in [-0.4, -0.2) is 35.5 Å². The van der Waals surface area contributed by atoms with E-state index in [2.05, 4.69) is 6.92 Å². The summed E-state index contributed by atoms with van der Waals surface area (Å²) in [6.07, 6.45) is 14.8. The van der Waals surface area contributed by atoms with Gasteiger partial charge in [0.15, 0.2) is 0 Å². The molecule has 1 atom stereocenters. The van der Waals surface area contributed by atoms with Gasteiger partial charge in [0, 0.05) is 13.0 Å². The molecule has 4 heteroatoms. The van der Waals surface area contributed by atoms with Crippen molar-refractivity contribution in [1.29, 1.82) is 0 Å². The van der Waals surface area contributed by atoms with Crippen molar-refractivity contribution in [2.24, 2.45) is 0 Å². The van der Waals surface area contributed by atoms with Gasteiger partial charge < -0.3 is 9.64 Å². The van der Waals surface area contributed by atoms with Crippen molar-refractivity contribution in [3.63, 3.8) is 0 Å². The van der Waals surface area contributed by atoms with Crippen molar-refractivity contribution in [3.05, 3.63) is 0 Å². The number of nitrogens with zero attached hydrogens (tertiary/aromatic N) is 1. The maximum atomic E-state index is 12.4. The molecule has 1 aliphatic rings.